The fourth-order valence-corrected chi connectivity index (χ4v) is 1.93. The van der Waals surface area contributed by atoms with Crippen LogP contribution in [0, 0.1) is 11.7 Å². The third kappa shape index (κ3) is 1.93. The molecule has 1 saturated carbocycles. The Morgan fingerprint density at radius 2 is 2.19 bits per heavy atom. The molecule has 3 nitrogen and oxygen atoms in total. The summed E-state index contributed by atoms with van der Waals surface area (Å²) in [6.07, 6.45) is 1.40. The molecule has 4 heteroatoms. The van der Waals surface area contributed by atoms with Gasteiger partial charge in [0.1, 0.15) is 0 Å². The molecule has 0 spiro atoms. The molecule has 0 unspecified atom stereocenters. The maximum absolute atomic E-state index is 13.4. The molecule has 0 atom stereocenters. The van der Waals surface area contributed by atoms with Gasteiger partial charge in [-0.2, -0.15) is 0 Å². The first-order valence-electron chi connectivity index (χ1n) is 5.25. The number of hydrogen-bond acceptors (Lipinski definition) is 3. The molecular weight excluding hydrogens is 209 g/mol. The number of nitrogens with two attached hydrogens (primary N) is 1. The SMILES string of the molecule is COc1ccc(C(=O)C2CC(N)C2)cc1F. The zero-order chi connectivity index (χ0) is 11.7. The molecule has 1 aliphatic carbocycles. The lowest BCUT2D eigenvalue weighted by Gasteiger charge is -2.31. The third-order valence-electron chi connectivity index (χ3n) is 2.98. The molecule has 0 aromatic heterocycles. The van der Waals surface area contributed by atoms with Crippen molar-refractivity contribution in [2.75, 3.05) is 7.11 Å². The Bertz CT molecular complexity index is 413. The Morgan fingerprint density at radius 3 is 2.69 bits per heavy atom. The fraction of sp³-hybridized carbons (Fsp3) is 0.417. The summed E-state index contributed by atoms with van der Waals surface area (Å²) in [4.78, 5) is 11.9. The van der Waals surface area contributed by atoms with Crippen LogP contribution in [0.1, 0.15) is 23.2 Å². The molecule has 86 valence electrons. The average molecular weight is 223 g/mol. The molecule has 0 radical (unpaired) electrons. The predicted molar refractivity (Wildman–Crippen MR) is 58.0 cm³/mol. The fourth-order valence-electron chi connectivity index (χ4n) is 1.93. The van der Waals surface area contributed by atoms with Gasteiger partial charge < -0.3 is 10.5 Å². The van der Waals surface area contributed by atoms with Crippen molar-refractivity contribution in [3.05, 3.63) is 29.6 Å². The second-order valence-corrected chi connectivity index (χ2v) is 4.14. The Balaban J connectivity index is 2.15. The number of methoxy groups -OCH3 is 1. The van der Waals surface area contributed by atoms with Crippen LogP contribution < -0.4 is 10.5 Å². The molecule has 0 aliphatic heterocycles. The highest BCUT2D eigenvalue weighted by Gasteiger charge is 2.32. The van der Waals surface area contributed by atoms with Crippen molar-refractivity contribution in [1.29, 1.82) is 0 Å². The normalized spacial score (nSPS) is 23.7. The largest absolute Gasteiger partial charge is 0.494 e. The van der Waals surface area contributed by atoms with E-state index >= 15 is 0 Å². The van der Waals surface area contributed by atoms with E-state index in [9.17, 15) is 9.18 Å². The number of ketones is 1. The molecule has 0 heterocycles. The van der Waals surface area contributed by atoms with Gasteiger partial charge in [0, 0.05) is 17.5 Å². The molecule has 0 bridgehead atoms. The van der Waals surface area contributed by atoms with E-state index in [4.69, 9.17) is 10.5 Å². The van der Waals surface area contributed by atoms with Gasteiger partial charge in [0.05, 0.1) is 7.11 Å². The molecule has 0 amide bonds. The summed E-state index contributed by atoms with van der Waals surface area (Å²) in [5.74, 6) is -0.412. The lowest BCUT2D eigenvalue weighted by Crippen LogP contribution is -2.40. The number of Topliss-reactive ketones (excluding diaryl/α,β-unsaturated/α-hetero) is 1. The molecule has 0 saturated heterocycles. The smallest absolute Gasteiger partial charge is 0.166 e. The van der Waals surface area contributed by atoms with Gasteiger partial charge in [-0.15, -0.1) is 0 Å². The Morgan fingerprint density at radius 1 is 1.50 bits per heavy atom. The van der Waals surface area contributed by atoms with Crippen LogP contribution in [0.2, 0.25) is 0 Å². The minimum absolute atomic E-state index is 0.0248. The zero-order valence-corrected chi connectivity index (χ0v) is 9.07. The van der Waals surface area contributed by atoms with E-state index in [2.05, 4.69) is 0 Å². The first-order chi connectivity index (χ1) is 7.61. The van der Waals surface area contributed by atoms with Crippen molar-refractivity contribution in [3.8, 4) is 5.75 Å². The van der Waals surface area contributed by atoms with Crippen LogP contribution >= 0.6 is 0 Å². The van der Waals surface area contributed by atoms with Gasteiger partial charge >= 0.3 is 0 Å². The molecule has 1 fully saturated rings. The van der Waals surface area contributed by atoms with Gasteiger partial charge in [-0.1, -0.05) is 0 Å². The Kier molecular flexibility index (Phi) is 2.92. The summed E-state index contributed by atoms with van der Waals surface area (Å²) in [5.41, 5.74) is 6.01. The van der Waals surface area contributed by atoms with Gasteiger partial charge in [-0.3, -0.25) is 4.79 Å². The third-order valence-corrected chi connectivity index (χ3v) is 2.98. The predicted octanol–water partition coefficient (Wildman–Crippen LogP) is 1.75. The monoisotopic (exact) mass is 223 g/mol. The van der Waals surface area contributed by atoms with E-state index < -0.39 is 5.82 Å². The van der Waals surface area contributed by atoms with E-state index in [1.807, 2.05) is 0 Å². The number of carbonyl (C=O) groups is 1. The van der Waals surface area contributed by atoms with Gasteiger partial charge in [0.15, 0.2) is 17.3 Å². The van der Waals surface area contributed by atoms with Crippen molar-refractivity contribution < 1.29 is 13.9 Å². The molecule has 1 aromatic rings. The van der Waals surface area contributed by atoms with Crippen LogP contribution in [0.25, 0.3) is 0 Å². The molecular formula is C12H14FNO2. The maximum atomic E-state index is 13.4. The summed E-state index contributed by atoms with van der Waals surface area (Å²) in [6.45, 7) is 0. The number of carbonyl (C=O) groups excluding carboxylic acids is 1. The molecule has 2 rings (SSSR count). The topological polar surface area (TPSA) is 52.3 Å². The van der Waals surface area contributed by atoms with Crippen LogP contribution in [-0.4, -0.2) is 18.9 Å². The summed E-state index contributed by atoms with van der Waals surface area (Å²) in [5, 5.41) is 0. The number of benzene rings is 1. The zero-order valence-electron chi connectivity index (χ0n) is 9.07. The van der Waals surface area contributed by atoms with Gasteiger partial charge in [0.2, 0.25) is 0 Å². The van der Waals surface area contributed by atoms with Crippen LogP contribution in [0.15, 0.2) is 18.2 Å². The summed E-state index contributed by atoms with van der Waals surface area (Å²) < 4.78 is 18.2. The first kappa shape index (κ1) is 11.1. The van der Waals surface area contributed by atoms with Gasteiger partial charge in [-0.05, 0) is 31.0 Å². The molecule has 16 heavy (non-hydrogen) atoms. The quantitative estimate of drug-likeness (QED) is 0.794. The lowest BCUT2D eigenvalue weighted by atomic mass is 9.76. The van der Waals surface area contributed by atoms with Crippen LogP contribution in [-0.2, 0) is 0 Å². The van der Waals surface area contributed by atoms with Crippen molar-refractivity contribution >= 4 is 5.78 Å². The molecule has 2 N–H and O–H groups in total. The summed E-state index contributed by atoms with van der Waals surface area (Å²) in [6, 6.07) is 4.41. The number of hydrogen-bond donors (Lipinski definition) is 1. The van der Waals surface area contributed by atoms with Crippen LogP contribution in [0.3, 0.4) is 0 Å². The number of halogens is 1. The van der Waals surface area contributed by atoms with Crippen molar-refractivity contribution in [2.45, 2.75) is 18.9 Å². The second kappa shape index (κ2) is 4.22. The van der Waals surface area contributed by atoms with Gasteiger partial charge in [0.25, 0.3) is 0 Å². The van der Waals surface area contributed by atoms with Crippen LogP contribution in [0.5, 0.6) is 5.75 Å². The van der Waals surface area contributed by atoms with E-state index in [0.717, 1.165) is 0 Å². The maximum Gasteiger partial charge on any atom is 0.166 e. The van der Waals surface area contributed by atoms with E-state index in [-0.39, 0.29) is 23.5 Å². The highest BCUT2D eigenvalue weighted by atomic mass is 19.1. The van der Waals surface area contributed by atoms with Crippen molar-refractivity contribution in [1.82, 2.24) is 0 Å². The highest BCUT2D eigenvalue weighted by molar-refractivity contribution is 5.98. The minimum Gasteiger partial charge on any atom is -0.494 e. The van der Waals surface area contributed by atoms with Crippen LogP contribution in [0.4, 0.5) is 4.39 Å². The highest BCUT2D eigenvalue weighted by Crippen LogP contribution is 2.30. The number of rotatable bonds is 3. The standard InChI is InChI=1S/C12H14FNO2/c1-16-11-3-2-7(6-10(11)13)12(15)8-4-9(14)5-8/h2-3,6,8-9H,4-5,14H2,1H3. The number of ether oxygens (including phenoxy) is 1. The van der Waals surface area contributed by atoms with E-state index in [1.165, 1.54) is 19.2 Å². The van der Waals surface area contributed by atoms with E-state index in [0.29, 0.717) is 18.4 Å². The van der Waals surface area contributed by atoms with E-state index in [1.54, 1.807) is 6.07 Å². The lowest BCUT2D eigenvalue weighted by molar-refractivity contribution is 0.0832. The first-order valence-corrected chi connectivity index (χ1v) is 5.25. The second-order valence-electron chi connectivity index (χ2n) is 4.14. The van der Waals surface area contributed by atoms with Gasteiger partial charge in [-0.25, -0.2) is 4.39 Å². The van der Waals surface area contributed by atoms with Crippen molar-refractivity contribution in [2.24, 2.45) is 11.7 Å². The summed E-state index contributed by atoms with van der Waals surface area (Å²) in [7, 11) is 1.39. The average Bonchev–Trinajstić information content (AvgIpc) is 2.24. The Labute approximate surface area is 93.4 Å². The molecule has 1 aromatic carbocycles. The Hall–Kier alpha value is -1.42. The molecule has 1 aliphatic rings. The van der Waals surface area contributed by atoms with Crippen molar-refractivity contribution in [3.63, 3.8) is 0 Å². The summed E-state index contributed by atoms with van der Waals surface area (Å²) >= 11 is 0. The minimum atomic E-state index is -0.503.